The molecule has 0 radical (unpaired) electrons. The number of hydrogen-bond acceptors (Lipinski definition) is 3. The number of aromatic amines is 1. The Labute approximate surface area is 169 Å². The molecule has 1 atom stereocenters. The van der Waals surface area contributed by atoms with Crippen molar-refractivity contribution in [3.63, 3.8) is 0 Å². The van der Waals surface area contributed by atoms with Crippen molar-refractivity contribution in [3.05, 3.63) is 65.4 Å². The Hall–Kier alpha value is -3.28. The summed E-state index contributed by atoms with van der Waals surface area (Å²) < 4.78 is 5.79. The predicted octanol–water partition coefficient (Wildman–Crippen LogP) is 4.27. The third kappa shape index (κ3) is 3.24. The zero-order valence-electron chi connectivity index (χ0n) is 16.6. The molecule has 150 valence electrons. The van der Waals surface area contributed by atoms with Crippen LogP contribution in [0.25, 0.3) is 10.9 Å². The molecule has 2 N–H and O–H groups in total. The van der Waals surface area contributed by atoms with Crippen molar-refractivity contribution in [1.29, 1.82) is 0 Å². The van der Waals surface area contributed by atoms with Gasteiger partial charge in [0, 0.05) is 29.7 Å². The first-order chi connectivity index (χ1) is 13.9. The van der Waals surface area contributed by atoms with E-state index in [0.717, 1.165) is 27.7 Å². The predicted molar refractivity (Wildman–Crippen MR) is 110 cm³/mol. The lowest BCUT2D eigenvalue weighted by Gasteiger charge is -2.32. The fourth-order valence-corrected chi connectivity index (χ4v) is 4.25. The summed E-state index contributed by atoms with van der Waals surface area (Å²) in [5.41, 5.74) is 2.59. The number of aromatic nitrogens is 1. The molecule has 1 aliphatic rings. The van der Waals surface area contributed by atoms with Crippen LogP contribution < -0.4 is 4.74 Å². The number of H-pyrrole nitrogens is 1. The van der Waals surface area contributed by atoms with Crippen LogP contribution in [0.1, 0.15) is 30.2 Å². The highest BCUT2D eigenvalue weighted by Gasteiger charge is 2.47. The van der Waals surface area contributed by atoms with Crippen molar-refractivity contribution in [2.75, 3.05) is 13.1 Å². The molecule has 1 aromatic heterocycles. The number of benzene rings is 2. The molecule has 1 unspecified atom stereocenters. The smallest absolute Gasteiger partial charge is 0.407 e. The monoisotopic (exact) mass is 392 g/mol. The fourth-order valence-electron chi connectivity index (χ4n) is 4.25. The van der Waals surface area contributed by atoms with E-state index in [2.05, 4.69) is 4.98 Å². The molecular formula is C23H24N2O4. The van der Waals surface area contributed by atoms with Crippen LogP contribution in [0.2, 0.25) is 0 Å². The van der Waals surface area contributed by atoms with Crippen LogP contribution in [-0.2, 0) is 16.6 Å². The average molecular weight is 392 g/mol. The molecule has 0 saturated carbocycles. The third-order valence-corrected chi connectivity index (χ3v) is 5.85. The van der Waals surface area contributed by atoms with Gasteiger partial charge in [0.25, 0.3) is 0 Å². The van der Waals surface area contributed by atoms with Gasteiger partial charge in [-0.1, -0.05) is 37.3 Å². The molecule has 2 aromatic carbocycles. The fraction of sp³-hybridized carbons (Fsp3) is 0.304. The molecule has 6 heteroatoms. The lowest BCUT2D eigenvalue weighted by Crippen LogP contribution is -2.49. The minimum Gasteiger partial charge on any atom is -0.465 e. The summed E-state index contributed by atoms with van der Waals surface area (Å²) in [4.78, 5) is 30.1. The SMILES string of the molecule is CCC1(C(=O)Oc2cccc(C)c2)CN(C(=O)O)CCc2c1[nH]c1ccccc21. The first-order valence-electron chi connectivity index (χ1n) is 9.81. The maximum Gasteiger partial charge on any atom is 0.407 e. The van der Waals surface area contributed by atoms with E-state index in [0.29, 0.717) is 25.1 Å². The van der Waals surface area contributed by atoms with Crippen molar-refractivity contribution in [2.24, 2.45) is 0 Å². The molecule has 0 fully saturated rings. The summed E-state index contributed by atoms with van der Waals surface area (Å²) in [6, 6.07) is 15.2. The van der Waals surface area contributed by atoms with Gasteiger partial charge in [0.05, 0.1) is 0 Å². The van der Waals surface area contributed by atoms with E-state index in [1.165, 1.54) is 4.90 Å². The largest absolute Gasteiger partial charge is 0.465 e. The topological polar surface area (TPSA) is 82.6 Å². The molecule has 1 aliphatic heterocycles. The van der Waals surface area contributed by atoms with E-state index in [-0.39, 0.29) is 6.54 Å². The van der Waals surface area contributed by atoms with Gasteiger partial charge in [0.2, 0.25) is 0 Å². The number of rotatable bonds is 3. The van der Waals surface area contributed by atoms with Crippen LogP contribution in [0.3, 0.4) is 0 Å². The number of ether oxygens (including phenoxy) is 1. The van der Waals surface area contributed by atoms with Crippen LogP contribution in [0.4, 0.5) is 4.79 Å². The number of amides is 1. The molecule has 0 saturated heterocycles. The Kier molecular flexibility index (Phi) is 4.78. The number of carbonyl (C=O) groups excluding carboxylic acids is 1. The number of esters is 1. The van der Waals surface area contributed by atoms with Crippen LogP contribution in [0, 0.1) is 6.92 Å². The Bertz CT molecular complexity index is 1090. The van der Waals surface area contributed by atoms with Crippen molar-refractivity contribution >= 4 is 23.0 Å². The normalized spacial score (nSPS) is 18.9. The number of hydrogen-bond donors (Lipinski definition) is 2. The number of fused-ring (bicyclic) bond motifs is 3. The molecule has 29 heavy (non-hydrogen) atoms. The Balaban J connectivity index is 1.85. The summed E-state index contributed by atoms with van der Waals surface area (Å²) >= 11 is 0. The molecule has 1 amide bonds. The van der Waals surface area contributed by atoms with Gasteiger partial charge < -0.3 is 19.7 Å². The minimum absolute atomic E-state index is 0.0588. The van der Waals surface area contributed by atoms with Gasteiger partial charge in [-0.2, -0.15) is 0 Å². The number of nitrogens with zero attached hydrogens (tertiary/aromatic N) is 1. The summed E-state index contributed by atoms with van der Waals surface area (Å²) in [6.45, 7) is 4.23. The number of aryl methyl sites for hydroxylation is 1. The number of para-hydroxylation sites is 1. The highest BCUT2D eigenvalue weighted by atomic mass is 16.5. The number of carbonyl (C=O) groups is 2. The van der Waals surface area contributed by atoms with Crippen molar-refractivity contribution in [2.45, 2.75) is 32.1 Å². The second kappa shape index (κ2) is 7.28. The van der Waals surface area contributed by atoms with Crippen LogP contribution in [-0.4, -0.2) is 40.1 Å². The molecule has 0 aliphatic carbocycles. The summed E-state index contributed by atoms with van der Waals surface area (Å²) in [7, 11) is 0. The van der Waals surface area contributed by atoms with Gasteiger partial charge in [0.1, 0.15) is 11.2 Å². The van der Waals surface area contributed by atoms with E-state index in [1.807, 2.05) is 50.2 Å². The van der Waals surface area contributed by atoms with Crippen molar-refractivity contribution < 1.29 is 19.4 Å². The maximum atomic E-state index is 13.5. The van der Waals surface area contributed by atoms with Crippen LogP contribution in [0.15, 0.2) is 48.5 Å². The van der Waals surface area contributed by atoms with E-state index >= 15 is 0 Å². The lowest BCUT2D eigenvalue weighted by molar-refractivity contribution is -0.141. The van der Waals surface area contributed by atoms with E-state index in [4.69, 9.17) is 4.74 Å². The molecule has 6 nitrogen and oxygen atoms in total. The first kappa shape index (κ1) is 19.1. The summed E-state index contributed by atoms with van der Waals surface area (Å²) in [5, 5.41) is 10.7. The van der Waals surface area contributed by atoms with Gasteiger partial charge in [-0.3, -0.25) is 4.79 Å². The lowest BCUT2D eigenvalue weighted by atomic mass is 9.79. The van der Waals surface area contributed by atoms with Crippen LogP contribution >= 0.6 is 0 Å². The zero-order valence-corrected chi connectivity index (χ0v) is 16.6. The van der Waals surface area contributed by atoms with Crippen molar-refractivity contribution in [1.82, 2.24) is 9.88 Å². The second-order valence-electron chi connectivity index (χ2n) is 7.62. The average Bonchev–Trinajstić information content (AvgIpc) is 2.98. The van der Waals surface area contributed by atoms with Gasteiger partial charge in [-0.25, -0.2) is 4.79 Å². The first-order valence-corrected chi connectivity index (χ1v) is 9.81. The second-order valence-corrected chi connectivity index (χ2v) is 7.62. The molecule has 4 rings (SSSR count). The molecule has 0 bridgehead atoms. The third-order valence-electron chi connectivity index (χ3n) is 5.85. The van der Waals surface area contributed by atoms with Crippen LogP contribution in [0.5, 0.6) is 5.75 Å². The molecule has 3 aromatic rings. The Morgan fingerprint density at radius 3 is 2.72 bits per heavy atom. The Morgan fingerprint density at radius 1 is 1.21 bits per heavy atom. The van der Waals surface area contributed by atoms with Gasteiger partial charge in [-0.05, 0) is 49.1 Å². The van der Waals surface area contributed by atoms with E-state index in [9.17, 15) is 14.7 Å². The highest BCUT2D eigenvalue weighted by molar-refractivity contribution is 5.92. The summed E-state index contributed by atoms with van der Waals surface area (Å²) in [6.07, 6.45) is -0.0625. The maximum absolute atomic E-state index is 13.5. The Morgan fingerprint density at radius 2 is 2.00 bits per heavy atom. The van der Waals surface area contributed by atoms with Gasteiger partial charge in [-0.15, -0.1) is 0 Å². The zero-order chi connectivity index (χ0) is 20.6. The quantitative estimate of drug-likeness (QED) is 0.515. The van der Waals surface area contributed by atoms with Gasteiger partial charge >= 0.3 is 12.1 Å². The van der Waals surface area contributed by atoms with Gasteiger partial charge in [0.15, 0.2) is 0 Å². The minimum atomic E-state index is -1.10. The molecular weight excluding hydrogens is 368 g/mol. The van der Waals surface area contributed by atoms with E-state index < -0.39 is 17.5 Å². The summed E-state index contributed by atoms with van der Waals surface area (Å²) in [5.74, 6) is 0.0261. The number of carboxylic acid groups (broad SMARTS) is 1. The number of nitrogens with one attached hydrogen (secondary N) is 1. The molecule has 2 heterocycles. The van der Waals surface area contributed by atoms with Crippen molar-refractivity contribution in [3.8, 4) is 5.75 Å². The van der Waals surface area contributed by atoms with E-state index in [1.54, 1.807) is 12.1 Å². The molecule has 0 spiro atoms. The highest BCUT2D eigenvalue weighted by Crippen LogP contribution is 2.39. The standard InChI is InChI=1S/C23H24N2O4/c1-3-23(21(26)29-16-8-6-7-15(2)13-16)14-25(22(27)28)12-11-18-17-9-4-5-10-19(17)24-20(18)23/h4-10,13,24H,3,11-12,14H2,1-2H3,(H,27,28).